The van der Waals surface area contributed by atoms with E-state index in [1.54, 1.807) is 0 Å². The molecule has 6 rings (SSSR count). The van der Waals surface area contributed by atoms with Crippen LogP contribution in [-0.2, 0) is 6.42 Å². The molecule has 0 bridgehead atoms. The summed E-state index contributed by atoms with van der Waals surface area (Å²) in [4.78, 5) is 14.1. The van der Waals surface area contributed by atoms with Crippen molar-refractivity contribution in [2.75, 3.05) is 9.80 Å². The van der Waals surface area contributed by atoms with Gasteiger partial charge in [0.1, 0.15) is 12.0 Å². The zero-order chi connectivity index (χ0) is 19.5. The van der Waals surface area contributed by atoms with Gasteiger partial charge in [0.05, 0.1) is 17.1 Å². The number of imidazole rings is 1. The van der Waals surface area contributed by atoms with E-state index in [1.165, 1.54) is 28.2 Å². The predicted octanol–water partition coefficient (Wildman–Crippen LogP) is 5.12. The standard InChI is InChI=1S/C24H21N5/c1-16-10-11-20-19(15-22-25-13-14-27(20)22)23(16)29-17(2)28(18-7-4-3-5-8-18)21-9-6-12-26-24(21)29/h3-14,17H,15H2,1-2H3/t17-/m0/s1. The van der Waals surface area contributed by atoms with Gasteiger partial charge in [-0.25, -0.2) is 9.97 Å². The molecule has 5 heteroatoms. The SMILES string of the molecule is Cc1ccc2c(c1N1c3ncccc3N(c3ccccc3)[C@@H]1C)Cc1nccn1-2. The molecule has 0 saturated heterocycles. The summed E-state index contributed by atoms with van der Waals surface area (Å²) in [6.45, 7) is 4.44. The van der Waals surface area contributed by atoms with Crippen LogP contribution >= 0.6 is 0 Å². The van der Waals surface area contributed by atoms with Crippen LogP contribution in [0.2, 0.25) is 0 Å². The lowest BCUT2D eigenvalue weighted by Gasteiger charge is -2.32. The van der Waals surface area contributed by atoms with E-state index in [0.29, 0.717) is 0 Å². The third-order valence-electron chi connectivity index (χ3n) is 6.05. The van der Waals surface area contributed by atoms with Crippen LogP contribution in [0.3, 0.4) is 0 Å². The molecule has 0 radical (unpaired) electrons. The second-order valence-corrected chi connectivity index (χ2v) is 7.67. The van der Waals surface area contributed by atoms with Crippen LogP contribution in [0.25, 0.3) is 5.69 Å². The van der Waals surface area contributed by atoms with Gasteiger partial charge in [0, 0.05) is 36.3 Å². The Labute approximate surface area is 169 Å². The molecule has 2 aliphatic rings. The Balaban J connectivity index is 1.56. The summed E-state index contributed by atoms with van der Waals surface area (Å²) in [5, 5.41) is 0. The average Bonchev–Trinajstić information content (AvgIpc) is 3.40. The third-order valence-corrected chi connectivity index (χ3v) is 6.05. The molecule has 2 aromatic carbocycles. The summed E-state index contributed by atoms with van der Waals surface area (Å²) in [6, 6.07) is 19.2. The maximum atomic E-state index is 4.81. The lowest BCUT2D eigenvalue weighted by Crippen LogP contribution is -2.36. The molecular weight excluding hydrogens is 358 g/mol. The number of nitrogens with zero attached hydrogens (tertiary/aromatic N) is 5. The van der Waals surface area contributed by atoms with Gasteiger partial charge in [0.15, 0.2) is 5.82 Å². The molecule has 0 spiro atoms. The maximum Gasteiger partial charge on any atom is 0.158 e. The summed E-state index contributed by atoms with van der Waals surface area (Å²) in [5.74, 6) is 2.10. The average molecular weight is 379 g/mol. The molecule has 4 heterocycles. The molecule has 0 amide bonds. The molecule has 142 valence electrons. The quantitative estimate of drug-likeness (QED) is 0.427. The number of aryl methyl sites for hydroxylation is 1. The Morgan fingerprint density at radius 2 is 1.72 bits per heavy atom. The summed E-state index contributed by atoms with van der Waals surface area (Å²) in [7, 11) is 0. The third kappa shape index (κ3) is 2.21. The molecule has 5 nitrogen and oxygen atoms in total. The van der Waals surface area contributed by atoms with Crippen molar-refractivity contribution in [2.45, 2.75) is 26.4 Å². The van der Waals surface area contributed by atoms with Gasteiger partial charge in [-0.1, -0.05) is 24.3 Å². The van der Waals surface area contributed by atoms with E-state index in [1.807, 2.05) is 18.5 Å². The highest BCUT2D eigenvalue weighted by Gasteiger charge is 2.38. The first-order valence-corrected chi connectivity index (χ1v) is 9.97. The molecule has 1 atom stereocenters. The number of hydrogen-bond acceptors (Lipinski definition) is 4. The predicted molar refractivity (Wildman–Crippen MR) is 116 cm³/mol. The van der Waals surface area contributed by atoms with Gasteiger partial charge in [-0.3, -0.25) is 0 Å². The van der Waals surface area contributed by atoms with E-state index in [2.05, 4.69) is 87.9 Å². The zero-order valence-electron chi connectivity index (χ0n) is 16.4. The van der Waals surface area contributed by atoms with Crippen LogP contribution in [0.5, 0.6) is 0 Å². The van der Waals surface area contributed by atoms with E-state index in [0.717, 1.165) is 23.8 Å². The summed E-state index contributed by atoms with van der Waals surface area (Å²) < 4.78 is 2.20. The molecule has 0 saturated carbocycles. The number of para-hydroxylation sites is 1. The fraction of sp³-hybridized carbons (Fsp3) is 0.167. The minimum absolute atomic E-state index is 0.112. The molecule has 0 aliphatic carbocycles. The van der Waals surface area contributed by atoms with Crippen molar-refractivity contribution >= 4 is 22.9 Å². The molecule has 0 unspecified atom stereocenters. The van der Waals surface area contributed by atoms with Gasteiger partial charge in [0.2, 0.25) is 0 Å². The second kappa shape index (κ2) is 5.95. The molecular formula is C24H21N5. The topological polar surface area (TPSA) is 37.2 Å². The lowest BCUT2D eigenvalue weighted by atomic mass is 10.0. The van der Waals surface area contributed by atoms with Gasteiger partial charge >= 0.3 is 0 Å². The van der Waals surface area contributed by atoms with Crippen molar-refractivity contribution in [3.8, 4) is 5.69 Å². The number of anilines is 4. The van der Waals surface area contributed by atoms with E-state index in [9.17, 15) is 0 Å². The molecule has 29 heavy (non-hydrogen) atoms. The highest BCUT2D eigenvalue weighted by atomic mass is 15.4. The van der Waals surface area contributed by atoms with Crippen LogP contribution in [0, 0.1) is 6.92 Å². The normalized spacial score (nSPS) is 16.7. The van der Waals surface area contributed by atoms with Crippen molar-refractivity contribution in [3.05, 3.63) is 90.1 Å². The number of rotatable bonds is 2. The number of pyridine rings is 1. The Bertz CT molecular complexity index is 1230. The van der Waals surface area contributed by atoms with Crippen LogP contribution in [-0.4, -0.2) is 20.7 Å². The Morgan fingerprint density at radius 1 is 0.862 bits per heavy atom. The largest absolute Gasteiger partial charge is 0.317 e. The monoisotopic (exact) mass is 379 g/mol. The fourth-order valence-corrected chi connectivity index (χ4v) is 4.81. The Kier molecular flexibility index (Phi) is 3.36. The van der Waals surface area contributed by atoms with Gasteiger partial charge in [-0.15, -0.1) is 0 Å². The van der Waals surface area contributed by atoms with Crippen molar-refractivity contribution in [1.29, 1.82) is 0 Å². The van der Waals surface area contributed by atoms with Crippen LogP contribution in [0.1, 0.15) is 23.9 Å². The van der Waals surface area contributed by atoms with E-state index < -0.39 is 0 Å². The lowest BCUT2D eigenvalue weighted by molar-refractivity contribution is 0.753. The molecule has 4 aromatic rings. The molecule has 2 aromatic heterocycles. The zero-order valence-corrected chi connectivity index (χ0v) is 16.4. The second-order valence-electron chi connectivity index (χ2n) is 7.67. The van der Waals surface area contributed by atoms with Gasteiger partial charge in [0.25, 0.3) is 0 Å². The van der Waals surface area contributed by atoms with E-state index in [-0.39, 0.29) is 6.17 Å². The number of fused-ring (bicyclic) bond motifs is 4. The van der Waals surface area contributed by atoms with E-state index >= 15 is 0 Å². The van der Waals surface area contributed by atoms with E-state index in [4.69, 9.17) is 4.98 Å². The van der Waals surface area contributed by atoms with Crippen LogP contribution in [0.4, 0.5) is 22.9 Å². The first kappa shape index (κ1) is 16.4. The summed E-state index contributed by atoms with van der Waals surface area (Å²) >= 11 is 0. The highest BCUT2D eigenvalue weighted by Crippen LogP contribution is 2.49. The minimum Gasteiger partial charge on any atom is -0.317 e. The van der Waals surface area contributed by atoms with Gasteiger partial charge in [-0.05, 0) is 49.7 Å². The number of benzene rings is 2. The van der Waals surface area contributed by atoms with Crippen LogP contribution in [0.15, 0.2) is 73.2 Å². The van der Waals surface area contributed by atoms with Crippen molar-refractivity contribution in [2.24, 2.45) is 0 Å². The van der Waals surface area contributed by atoms with Crippen molar-refractivity contribution in [1.82, 2.24) is 14.5 Å². The minimum atomic E-state index is 0.112. The number of hydrogen-bond donors (Lipinski definition) is 0. The fourth-order valence-electron chi connectivity index (χ4n) is 4.81. The number of aromatic nitrogens is 3. The summed E-state index contributed by atoms with van der Waals surface area (Å²) in [5.41, 5.74) is 7.37. The maximum absolute atomic E-state index is 4.81. The van der Waals surface area contributed by atoms with Gasteiger partial charge in [-0.2, -0.15) is 0 Å². The highest BCUT2D eigenvalue weighted by molar-refractivity contribution is 5.88. The van der Waals surface area contributed by atoms with Crippen molar-refractivity contribution < 1.29 is 0 Å². The molecule has 0 fully saturated rings. The first-order valence-electron chi connectivity index (χ1n) is 9.97. The first-order chi connectivity index (χ1) is 14.2. The smallest absolute Gasteiger partial charge is 0.158 e. The molecule has 2 aliphatic heterocycles. The van der Waals surface area contributed by atoms with Crippen LogP contribution < -0.4 is 9.80 Å². The van der Waals surface area contributed by atoms with Gasteiger partial charge < -0.3 is 14.4 Å². The Hall–Kier alpha value is -3.60. The molecule has 0 N–H and O–H groups in total. The summed E-state index contributed by atoms with van der Waals surface area (Å²) in [6.07, 6.45) is 6.77. The van der Waals surface area contributed by atoms with Crippen molar-refractivity contribution in [3.63, 3.8) is 0 Å². The Morgan fingerprint density at radius 3 is 2.59 bits per heavy atom.